The van der Waals surface area contributed by atoms with Crippen molar-refractivity contribution in [1.82, 2.24) is 15.1 Å². The third-order valence-corrected chi connectivity index (χ3v) is 5.98. The van der Waals surface area contributed by atoms with Crippen molar-refractivity contribution in [2.24, 2.45) is 23.5 Å². The summed E-state index contributed by atoms with van der Waals surface area (Å²) in [5, 5.41) is 7.46. The molecule has 1 heterocycles. The average molecular weight is 375 g/mol. The van der Waals surface area contributed by atoms with Crippen LogP contribution in [0.5, 0.6) is 0 Å². The highest BCUT2D eigenvalue weighted by atomic mass is 35.5. The summed E-state index contributed by atoms with van der Waals surface area (Å²) in [4.78, 5) is 12.7. The highest BCUT2D eigenvalue weighted by Gasteiger charge is 2.40. The van der Waals surface area contributed by atoms with Gasteiger partial charge in [-0.15, -0.1) is 12.4 Å². The summed E-state index contributed by atoms with van der Waals surface area (Å²) in [6.45, 7) is 0.534. The Kier molecular flexibility index (Phi) is 5.99. The second-order valence-electron chi connectivity index (χ2n) is 7.49. The molecule has 26 heavy (non-hydrogen) atoms. The molecule has 1 aromatic heterocycles. The van der Waals surface area contributed by atoms with Gasteiger partial charge in [0.15, 0.2) is 0 Å². The van der Waals surface area contributed by atoms with Crippen molar-refractivity contribution in [3.8, 4) is 5.69 Å². The molecule has 3 N–H and O–H groups in total. The standard InChI is InChI=1S/C20H26N4O.ClH/c21-19-14-6-3-7-15(19)12-17(11-14)20(25)22-13-16-5-1-2-8-18(16)24-10-4-9-23-24;/h1-2,4-5,8-10,14-15,17,19H,3,6-7,11-13,21H2,(H,22,25);1H. The Labute approximate surface area is 160 Å². The molecule has 2 fully saturated rings. The van der Waals surface area contributed by atoms with Crippen molar-refractivity contribution in [3.05, 3.63) is 48.3 Å². The van der Waals surface area contributed by atoms with Crippen LogP contribution < -0.4 is 11.1 Å². The molecule has 4 rings (SSSR count). The monoisotopic (exact) mass is 374 g/mol. The van der Waals surface area contributed by atoms with E-state index in [9.17, 15) is 4.79 Å². The summed E-state index contributed by atoms with van der Waals surface area (Å²) < 4.78 is 1.84. The number of rotatable bonds is 4. The number of aromatic nitrogens is 2. The van der Waals surface area contributed by atoms with Gasteiger partial charge in [0.2, 0.25) is 5.91 Å². The lowest BCUT2D eigenvalue weighted by Crippen LogP contribution is -2.49. The molecule has 6 heteroatoms. The molecule has 0 radical (unpaired) electrons. The molecule has 1 amide bonds. The largest absolute Gasteiger partial charge is 0.352 e. The van der Waals surface area contributed by atoms with Crippen LogP contribution in [0.4, 0.5) is 0 Å². The summed E-state index contributed by atoms with van der Waals surface area (Å²) in [6, 6.07) is 10.3. The van der Waals surface area contributed by atoms with E-state index in [1.54, 1.807) is 6.20 Å². The molecular formula is C20H27ClN4O. The minimum atomic E-state index is 0. The first-order valence-electron chi connectivity index (χ1n) is 9.33. The quantitative estimate of drug-likeness (QED) is 0.863. The van der Waals surface area contributed by atoms with Gasteiger partial charge in [0.1, 0.15) is 0 Å². The third-order valence-electron chi connectivity index (χ3n) is 5.98. The van der Waals surface area contributed by atoms with Crippen LogP contribution in [-0.4, -0.2) is 21.7 Å². The first-order valence-corrected chi connectivity index (χ1v) is 9.33. The molecular weight excluding hydrogens is 348 g/mol. The van der Waals surface area contributed by atoms with Gasteiger partial charge >= 0.3 is 0 Å². The lowest BCUT2D eigenvalue weighted by atomic mass is 9.65. The number of carbonyl (C=O) groups is 1. The predicted octanol–water partition coefficient (Wildman–Crippen LogP) is 3.06. The smallest absolute Gasteiger partial charge is 0.223 e. The Bertz CT molecular complexity index is 719. The SMILES string of the molecule is Cl.NC1C2CCCC1CC(C(=O)NCc1ccccc1-n1cccn1)C2. The molecule has 2 bridgehead atoms. The molecule has 2 atom stereocenters. The van der Waals surface area contributed by atoms with Crippen molar-refractivity contribution in [1.29, 1.82) is 0 Å². The van der Waals surface area contributed by atoms with Gasteiger partial charge in [-0.25, -0.2) is 4.68 Å². The number of nitrogens with one attached hydrogen (secondary N) is 1. The van der Waals surface area contributed by atoms with Crippen LogP contribution in [0.3, 0.4) is 0 Å². The molecule has 2 unspecified atom stereocenters. The molecule has 0 saturated heterocycles. The van der Waals surface area contributed by atoms with Gasteiger partial charge in [-0.1, -0.05) is 24.6 Å². The number of halogens is 1. The second-order valence-corrected chi connectivity index (χ2v) is 7.49. The second kappa shape index (κ2) is 8.23. The van der Waals surface area contributed by atoms with E-state index < -0.39 is 0 Å². The zero-order valence-electron chi connectivity index (χ0n) is 14.9. The van der Waals surface area contributed by atoms with E-state index in [2.05, 4.69) is 10.4 Å². The van der Waals surface area contributed by atoms with Crippen LogP contribution in [0.2, 0.25) is 0 Å². The predicted molar refractivity (Wildman–Crippen MR) is 104 cm³/mol. The maximum Gasteiger partial charge on any atom is 0.223 e. The lowest BCUT2D eigenvalue weighted by Gasteiger charge is -2.43. The van der Waals surface area contributed by atoms with Crippen molar-refractivity contribution >= 4 is 18.3 Å². The average Bonchev–Trinajstić information content (AvgIpc) is 3.14. The topological polar surface area (TPSA) is 72.9 Å². The van der Waals surface area contributed by atoms with Crippen LogP contribution in [0.1, 0.15) is 37.7 Å². The number of carbonyl (C=O) groups excluding carboxylic acids is 1. The highest BCUT2D eigenvalue weighted by molar-refractivity contribution is 5.85. The number of nitrogens with zero attached hydrogens (tertiary/aromatic N) is 2. The van der Waals surface area contributed by atoms with E-state index in [0.29, 0.717) is 24.4 Å². The van der Waals surface area contributed by atoms with Crippen LogP contribution >= 0.6 is 12.4 Å². The fourth-order valence-electron chi connectivity index (χ4n) is 4.63. The van der Waals surface area contributed by atoms with Gasteiger partial charge in [0.05, 0.1) is 5.69 Å². The Balaban J connectivity index is 0.00000196. The fraction of sp³-hybridized carbons (Fsp3) is 0.500. The summed E-state index contributed by atoms with van der Waals surface area (Å²) in [6.07, 6.45) is 9.22. The van der Waals surface area contributed by atoms with Gasteiger partial charge in [-0.05, 0) is 55.2 Å². The Morgan fingerprint density at radius 3 is 2.62 bits per heavy atom. The number of benzene rings is 1. The normalized spacial score (nSPS) is 27.4. The van der Waals surface area contributed by atoms with Crippen LogP contribution in [-0.2, 0) is 11.3 Å². The number of amides is 1. The molecule has 0 aliphatic heterocycles. The van der Waals surface area contributed by atoms with E-state index in [0.717, 1.165) is 24.1 Å². The van der Waals surface area contributed by atoms with Crippen molar-refractivity contribution < 1.29 is 4.79 Å². The van der Waals surface area contributed by atoms with Gasteiger partial charge < -0.3 is 11.1 Å². The number of hydrogen-bond acceptors (Lipinski definition) is 3. The third kappa shape index (κ3) is 3.79. The van der Waals surface area contributed by atoms with Crippen LogP contribution in [0.25, 0.3) is 5.69 Å². The number of fused-ring (bicyclic) bond motifs is 2. The molecule has 2 aromatic rings. The first-order chi connectivity index (χ1) is 12.2. The van der Waals surface area contributed by atoms with Crippen LogP contribution in [0, 0.1) is 17.8 Å². The van der Waals surface area contributed by atoms with Gasteiger partial charge in [0.25, 0.3) is 0 Å². The Morgan fingerprint density at radius 2 is 1.92 bits per heavy atom. The van der Waals surface area contributed by atoms with Crippen molar-refractivity contribution in [2.75, 3.05) is 0 Å². The van der Waals surface area contributed by atoms with Gasteiger partial charge in [-0.2, -0.15) is 5.10 Å². The molecule has 2 aliphatic rings. The summed E-state index contributed by atoms with van der Waals surface area (Å²) in [5.41, 5.74) is 8.43. The summed E-state index contributed by atoms with van der Waals surface area (Å²) >= 11 is 0. The van der Waals surface area contributed by atoms with Crippen molar-refractivity contribution in [3.63, 3.8) is 0 Å². The summed E-state index contributed by atoms with van der Waals surface area (Å²) in [7, 11) is 0. The zero-order valence-corrected chi connectivity index (χ0v) is 15.7. The molecule has 2 saturated carbocycles. The van der Waals surface area contributed by atoms with E-state index in [4.69, 9.17) is 5.73 Å². The number of hydrogen-bond donors (Lipinski definition) is 2. The minimum absolute atomic E-state index is 0. The molecule has 140 valence electrons. The molecule has 2 aliphatic carbocycles. The van der Waals surface area contributed by atoms with E-state index in [1.165, 1.54) is 19.3 Å². The molecule has 0 spiro atoms. The lowest BCUT2D eigenvalue weighted by molar-refractivity contribution is -0.128. The zero-order chi connectivity index (χ0) is 17.2. The maximum atomic E-state index is 12.7. The fourth-order valence-corrected chi connectivity index (χ4v) is 4.63. The summed E-state index contributed by atoms with van der Waals surface area (Å²) in [5.74, 6) is 1.35. The minimum Gasteiger partial charge on any atom is -0.352 e. The van der Waals surface area contributed by atoms with Crippen molar-refractivity contribution in [2.45, 2.75) is 44.7 Å². The highest BCUT2D eigenvalue weighted by Crippen LogP contribution is 2.41. The van der Waals surface area contributed by atoms with Gasteiger partial charge in [0, 0.05) is 30.9 Å². The first kappa shape index (κ1) is 18.9. The Morgan fingerprint density at radius 1 is 1.19 bits per heavy atom. The van der Waals surface area contributed by atoms with E-state index >= 15 is 0 Å². The number of nitrogens with two attached hydrogens (primary N) is 1. The maximum absolute atomic E-state index is 12.7. The number of para-hydroxylation sites is 1. The molecule has 5 nitrogen and oxygen atoms in total. The molecule has 1 aromatic carbocycles. The van der Waals surface area contributed by atoms with Crippen LogP contribution in [0.15, 0.2) is 42.7 Å². The Hall–Kier alpha value is -1.85. The van der Waals surface area contributed by atoms with E-state index in [1.807, 2.05) is 41.2 Å². The van der Waals surface area contributed by atoms with Gasteiger partial charge in [-0.3, -0.25) is 4.79 Å². The van der Waals surface area contributed by atoms with E-state index in [-0.39, 0.29) is 24.2 Å².